The van der Waals surface area contributed by atoms with Crippen molar-refractivity contribution in [3.8, 4) is 5.75 Å². The van der Waals surface area contributed by atoms with E-state index in [9.17, 15) is 8.42 Å². The molecule has 1 fully saturated rings. The van der Waals surface area contributed by atoms with Crippen LogP contribution in [0.2, 0.25) is 10.0 Å². The fourth-order valence-corrected chi connectivity index (χ4v) is 5.22. The molecule has 6 nitrogen and oxygen atoms in total. The van der Waals surface area contributed by atoms with Crippen LogP contribution in [0.15, 0.2) is 53.9 Å². The van der Waals surface area contributed by atoms with Gasteiger partial charge in [0, 0.05) is 18.1 Å². The molecular weight excluding hydrogens is 457 g/mol. The number of hydrogen-bond donors (Lipinski definition) is 3. The van der Waals surface area contributed by atoms with Gasteiger partial charge in [0.2, 0.25) is 10.0 Å². The largest absolute Gasteiger partial charge is 0.490 e. The maximum Gasteiger partial charge on any atom is 0.242 e. The SMILES string of the molecule is C=CCOc1cc(CNCC2CCNC2)cc(CNS(=O)(=O)c2ccc(Cl)cc2Cl)c1. The monoisotopic (exact) mass is 483 g/mol. The Bertz CT molecular complexity index is 1010. The summed E-state index contributed by atoms with van der Waals surface area (Å²) in [6.45, 7) is 7.86. The van der Waals surface area contributed by atoms with Crippen LogP contribution in [-0.2, 0) is 23.1 Å². The molecule has 9 heteroatoms. The van der Waals surface area contributed by atoms with Crippen LogP contribution in [0, 0.1) is 5.92 Å². The van der Waals surface area contributed by atoms with Gasteiger partial charge in [-0.15, -0.1) is 0 Å². The van der Waals surface area contributed by atoms with Gasteiger partial charge in [-0.05, 0) is 73.4 Å². The van der Waals surface area contributed by atoms with Crippen LogP contribution in [0.1, 0.15) is 17.5 Å². The molecular formula is C22H27Cl2N3O3S. The van der Waals surface area contributed by atoms with Gasteiger partial charge in [-0.25, -0.2) is 13.1 Å². The van der Waals surface area contributed by atoms with E-state index >= 15 is 0 Å². The second-order valence-corrected chi connectivity index (χ2v) is 10.1. The molecule has 168 valence electrons. The highest BCUT2D eigenvalue weighted by molar-refractivity contribution is 7.89. The average molecular weight is 484 g/mol. The van der Waals surface area contributed by atoms with Crippen molar-refractivity contribution in [2.24, 2.45) is 5.92 Å². The van der Waals surface area contributed by atoms with Crippen LogP contribution in [0.3, 0.4) is 0 Å². The van der Waals surface area contributed by atoms with Gasteiger partial charge in [0.15, 0.2) is 0 Å². The molecule has 1 atom stereocenters. The maximum absolute atomic E-state index is 12.7. The summed E-state index contributed by atoms with van der Waals surface area (Å²) in [6.07, 6.45) is 2.85. The predicted octanol–water partition coefficient (Wildman–Crippen LogP) is 3.74. The topological polar surface area (TPSA) is 79.5 Å². The first-order valence-electron chi connectivity index (χ1n) is 10.1. The van der Waals surface area contributed by atoms with Crippen LogP contribution < -0.4 is 20.1 Å². The van der Waals surface area contributed by atoms with Crippen molar-refractivity contribution >= 4 is 33.2 Å². The smallest absolute Gasteiger partial charge is 0.242 e. The first kappa shape index (κ1) is 24.0. The highest BCUT2D eigenvalue weighted by Gasteiger charge is 2.18. The molecule has 1 saturated heterocycles. The lowest BCUT2D eigenvalue weighted by atomic mass is 10.1. The summed E-state index contributed by atoms with van der Waals surface area (Å²) < 4.78 is 33.7. The molecule has 3 rings (SSSR count). The van der Waals surface area contributed by atoms with Crippen molar-refractivity contribution in [3.05, 3.63) is 70.2 Å². The summed E-state index contributed by atoms with van der Waals surface area (Å²) in [4.78, 5) is -0.00954. The van der Waals surface area contributed by atoms with Crippen molar-refractivity contribution in [2.75, 3.05) is 26.2 Å². The van der Waals surface area contributed by atoms with E-state index in [0.29, 0.717) is 29.8 Å². The van der Waals surface area contributed by atoms with E-state index in [2.05, 4.69) is 21.9 Å². The van der Waals surface area contributed by atoms with E-state index in [0.717, 1.165) is 30.8 Å². The Morgan fingerprint density at radius 1 is 1.16 bits per heavy atom. The van der Waals surface area contributed by atoms with Gasteiger partial charge in [-0.2, -0.15) is 0 Å². The van der Waals surface area contributed by atoms with E-state index in [4.69, 9.17) is 27.9 Å². The zero-order valence-corrected chi connectivity index (χ0v) is 19.5. The van der Waals surface area contributed by atoms with Crippen LogP contribution in [0.25, 0.3) is 0 Å². The van der Waals surface area contributed by atoms with E-state index in [1.165, 1.54) is 24.6 Å². The van der Waals surface area contributed by atoms with Gasteiger partial charge in [0.1, 0.15) is 17.3 Å². The Labute approximate surface area is 194 Å². The number of hydrogen-bond acceptors (Lipinski definition) is 5. The van der Waals surface area contributed by atoms with E-state index in [1.807, 2.05) is 18.2 Å². The number of sulfonamides is 1. The summed E-state index contributed by atoms with van der Waals surface area (Å²) in [7, 11) is -3.80. The molecule has 0 aliphatic carbocycles. The summed E-state index contributed by atoms with van der Waals surface area (Å²) in [6, 6.07) is 10.0. The molecule has 2 aromatic carbocycles. The average Bonchev–Trinajstić information content (AvgIpc) is 3.24. The third-order valence-electron chi connectivity index (χ3n) is 4.97. The minimum absolute atomic E-state index is 0.00954. The molecule has 0 radical (unpaired) electrons. The molecule has 0 bridgehead atoms. The number of rotatable bonds is 11. The summed E-state index contributed by atoms with van der Waals surface area (Å²) in [5.74, 6) is 1.30. The second-order valence-electron chi connectivity index (χ2n) is 7.47. The van der Waals surface area contributed by atoms with Crippen molar-refractivity contribution in [1.29, 1.82) is 0 Å². The van der Waals surface area contributed by atoms with Gasteiger partial charge in [-0.3, -0.25) is 0 Å². The van der Waals surface area contributed by atoms with Crippen LogP contribution in [0.5, 0.6) is 5.75 Å². The summed E-state index contributed by atoms with van der Waals surface area (Å²) >= 11 is 11.9. The maximum atomic E-state index is 12.7. The lowest BCUT2D eigenvalue weighted by molar-refractivity contribution is 0.362. The first-order chi connectivity index (χ1) is 14.9. The van der Waals surface area contributed by atoms with Gasteiger partial charge in [0.05, 0.1) is 5.02 Å². The van der Waals surface area contributed by atoms with Crippen LogP contribution in [-0.4, -0.2) is 34.7 Å². The zero-order chi connectivity index (χ0) is 22.3. The number of ether oxygens (including phenoxy) is 1. The minimum atomic E-state index is -3.80. The Kier molecular flexibility index (Phi) is 8.77. The molecule has 3 N–H and O–H groups in total. The number of halogens is 2. The van der Waals surface area contributed by atoms with Crippen molar-refractivity contribution < 1.29 is 13.2 Å². The zero-order valence-electron chi connectivity index (χ0n) is 17.2. The van der Waals surface area contributed by atoms with Crippen molar-refractivity contribution in [3.63, 3.8) is 0 Å². The lowest BCUT2D eigenvalue weighted by Crippen LogP contribution is -2.25. The minimum Gasteiger partial charge on any atom is -0.490 e. The number of benzene rings is 2. The lowest BCUT2D eigenvalue weighted by Gasteiger charge is -2.14. The molecule has 0 saturated carbocycles. The second kappa shape index (κ2) is 11.3. The Morgan fingerprint density at radius 2 is 1.94 bits per heavy atom. The highest BCUT2D eigenvalue weighted by atomic mass is 35.5. The van der Waals surface area contributed by atoms with Crippen molar-refractivity contribution in [2.45, 2.75) is 24.4 Å². The quantitative estimate of drug-likeness (QED) is 0.424. The molecule has 0 amide bonds. The Balaban J connectivity index is 1.69. The van der Waals surface area contributed by atoms with Gasteiger partial charge < -0.3 is 15.4 Å². The first-order valence-corrected chi connectivity index (χ1v) is 12.3. The summed E-state index contributed by atoms with van der Waals surface area (Å²) in [5, 5.41) is 7.30. The molecule has 0 aromatic heterocycles. The Morgan fingerprint density at radius 3 is 2.61 bits per heavy atom. The third-order valence-corrected chi connectivity index (χ3v) is 7.09. The normalized spacial score (nSPS) is 16.4. The summed E-state index contributed by atoms with van der Waals surface area (Å²) in [5.41, 5.74) is 1.81. The van der Waals surface area contributed by atoms with E-state index < -0.39 is 10.0 Å². The van der Waals surface area contributed by atoms with Crippen molar-refractivity contribution in [1.82, 2.24) is 15.4 Å². The number of nitrogens with one attached hydrogen (secondary N) is 3. The van der Waals surface area contributed by atoms with E-state index in [-0.39, 0.29) is 16.5 Å². The third kappa shape index (κ3) is 7.20. The fraction of sp³-hybridized carbons (Fsp3) is 0.364. The van der Waals surface area contributed by atoms with Gasteiger partial charge in [-0.1, -0.05) is 41.9 Å². The molecule has 1 unspecified atom stereocenters. The molecule has 31 heavy (non-hydrogen) atoms. The Hall–Kier alpha value is -1.61. The molecule has 1 aliphatic rings. The highest BCUT2D eigenvalue weighted by Crippen LogP contribution is 2.25. The standard InChI is InChI=1S/C22H27Cl2N3O3S/c1-2-7-30-20-9-17(14-26-13-16-5-6-25-12-16)8-18(10-20)15-27-31(28,29)22-4-3-19(23)11-21(22)24/h2-4,8-11,16,25-27H,1,5-7,12-15H2. The van der Waals surface area contributed by atoms with Gasteiger partial charge in [0.25, 0.3) is 0 Å². The van der Waals surface area contributed by atoms with E-state index in [1.54, 1.807) is 6.08 Å². The predicted molar refractivity (Wildman–Crippen MR) is 125 cm³/mol. The molecule has 1 aliphatic heterocycles. The van der Waals surface area contributed by atoms with Gasteiger partial charge >= 0.3 is 0 Å². The molecule has 0 spiro atoms. The van der Waals surface area contributed by atoms with Crippen LogP contribution in [0.4, 0.5) is 0 Å². The van der Waals surface area contributed by atoms with Crippen LogP contribution >= 0.6 is 23.2 Å². The fourth-order valence-electron chi connectivity index (χ4n) is 3.43. The molecule has 1 heterocycles. The molecule has 2 aromatic rings.